The third-order valence-electron chi connectivity index (χ3n) is 5.26. The SMILES string of the molecule is COc1ccc(OC)c(NC(=O)COC(=O)C2(c3ccc(Cl)cc3)CCCC2)c1. The van der Waals surface area contributed by atoms with E-state index in [1.165, 1.54) is 14.2 Å². The lowest BCUT2D eigenvalue weighted by molar-refractivity contribution is -0.153. The molecular formula is C22H24ClNO5. The van der Waals surface area contributed by atoms with Crippen LogP contribution in [0.15, 0.2) is 42.5 Å². The minimum absolute atomic E-state index is 0.380. The van der Waals surface area contributed by atoms with Gasteiger partial charge in [-0.2, -0.15) is 0 Å². The minimum atomic E-state index is -0.724. The number of esters is 1. The molecule has 0 bridgehead atoms. The summed E-state index contributed by atoms with van der Waals surface area (Å²) in [7, 11) is 3.04. The molecule has 154 valence electrons. The van der Waals surface area contributed by atoms with Crippen molar-refractivity contribution >= 4 is 29.2 Å². The molecule has 0 radical (unpaired) electrons. The number of nitrogens with one attached hydrogen (secondary N) is 1. The molecule has 3 rings (SSSR count). The van der Waals surface area contributed by atoms with Crippen LogP contribution in [0.3, 0.4) is 0 Å². The summed E-state index contributed by atoms with van der Waals surface area (Å²) in [6.45, 7) is -0.380. The first-order valence-corrected chi connectivity index (χ1v) is 9.81. The summed E-state index contributed by atoms with van der Waals surface area (Å²) in [4.78, 5) is 25.3. The maximum absolute atomic E-state index is 13.0. The van der Waals surface area contributed by atoms with E-state index in [-0.39, 0.29) is 12.6 Å². The number of benzene rings is 2. The number of amides is 1. The normalized spacial score (nSPS) is 14.9. The summed E-state index contributed by atoms with van der Waals surface area (Å²) in [5, 5.41) is 3.32. The number of anilines is 1. The lowest BCUT2D eigenvalue weighted by atomic mass is 9.79. The second-order valence-corrected chi connectivity index (χ2v) is 7.42. The molecule has 1 fully saturated rings. The van der Waals surface area contributed by atoms with Gasteiger partial charge in [0.05, 0.1) is 25.3 Å². The molecule has 0 aromatic heterocycles. The van der Waals surface area contributed by atoms with Crippen molar-refractivity contribution in [3.05, 3.63) is 53.1 Å². The predicted octanol–water partition coefficient (Wildman–Crippen LogP) is 4.35. The highest BCUT2D eigenvalue weighted by atomic mass is 35.5. The Labute approximate surface area is 175 Å². The van der Waals surface area contributed by atoms with Gasteiger partial charge in [0.2, 0.25) is 0 Å². The van der Waals surface area contributed by atoms with Crippen molar-refractivity contribution in [2.75, 3.05) is 26.1 Å². The zero-order valence-corrected chi connectivity index (χ0v) is 17.3. The molecule has 1 amide bonds. The quantitative estimate of drug-likeness (QED) is 0.678. The van der Waals surface area contributed by atoms with Crippen LogP contribution in [0.1, 0.15) is 31.2 Å². The van der Waals surface area contributed by atoms with Crippen LogP contribution in [0.2, 0.25) is 5.02 Å². The van der Waals surface area contributed by atoms with Gasteiger partial charge in [-0.25, -0.2) is 0 Å². The smallest absolute Gasteiger partial charge is 0.317 e. The molecule has 0 aliphatic heterocycles. The highest BCUT2D eigenvalue weighted by Gasteiger charge is 2.44. The molecule has 7 heteroatoms. The fourth-order valence-corrected chi connectivity index (χ4v) is 3.85. The average molecular weight is 418 g/mol. The molecule has 0 heterocycles. The highest BCUT2D eigenvalue weighted by Crippen LogP contribution is 2.42. The van der Waals surface area contributed by atoms with Crippen molar-refractivity contribution < 1.29 is 23.8 Å². The van der Waals surface area contributed by atoms with E-state index in [2.05, 4.69) is 5.32 Å². The van der Waals surface area contributed by atoms with Gasteiger partial charge in [-0.05, 0) is 42.7 Å². The first kappa shape index (κ1) is 21.0. The van der Waals surface area contributed by atoms with E-state index in [0.717, 1.165) is 18.4 Å². The van der Waals surface area contributed by atoms with Crippen molar-refractivity contribution in [2.24, 2.45) is 0 Å². The molecule has 0 unspecified atom stereocenters. The maximum atomic E-state index is 13.0. The summed E-state index contributed by atoms with van der Waals surface area (Å²) < 4.78 is 15.8. The lowest BCUT2D eigenvalue weighted by Gasteiger charge is -2.27. The van der Waals surface area contributed by atoms with Crippen LogP contribution in [-0.2, 0) is 19.7 Å². The molecule has 6 nitrogen and oxygen atoms in total. The van der Waals surface area contributed by atoms with Gasteiger partial charge in [0, 0.05) is 11.1 Å². The average Bonchev–Trinajstić information content (AvgIpc) is 3.23. The van der Waals surface area contributed by atoms with Crippen molar-refractivity contribution in [2.45, 2.75) is 31.1 Å². The fraction of sp³-hybridized carbons (Fsp3) is 0.364. The second-order valence-electron chi connectivity index (χ2n) is 6.99. The molecular weight excluding hydrogens is 394 g/mol. The summed E-state index contributed by atoms with van der Waals surface area (Å²) in [5.74, 6) is 0.226. The van der Waals surface area contributed by atoms with Gasteiger partial charge >= 0.3 is 5.97 Å². The Balaban J connectivity index is 1.68. The molecule has 1 aliphatic carbocycles. The van der Waals surface area contributed by atoms with Gasteiger partial charge < -0.3 is 19.5 Å². The Morgan fingerprint density at radius 2 is 1.72 bits per heavy atom. The van der Waals surface area contributed by atoms with E-state index >= 15 is 0 Å². The third-order valence-corrected chi connectivity index (χ3v) is 5.51. The third kappa shape index (κ3) is 4.65. The minimum Gasteiger partial charge on any atom is -0.497 e. The van der Waals surface area contributed by atoms with Crippen LogP contribution in [0.4, 0.5) is 5.69 Å². The molecule has 0 atom stereocenters. The van der Waals surface area contributed by atoms with E-state index in [1.807, 2.05) is 12.1 Å². The molecule has 0 saturated heterocycles. The van der Waals surface area contributed by atoms with Crippen LogP contribution in [0.25, 0.3) is 0 Å². The van der Waals surface area contributed by atoms with E-state index in [1.54, 1.807) is 30.3 Å². The van der Waals surface area contributed by atoms with Crippen LogP contribution in [0, 0.1) is 0 Å². The Morgan fingerprint density at radius 1 is 1.03 bits per heavy atom. The Kier molecular flexibility index (Phi) is 6.64. The zero-order chi connectivity index (χ0) is 20.9. The van der Waals surface area contributed by atoms with Crippen molar-refractivity contribution in [3.8, 4) is 11.5 Å². The molecule has 2 aromatic rings. The van der Waals surface area contributed by atoms with Crippen molar-refractivity contribution in [1.29, 1.82) is 0 Å². The van der Waals surface area contributed by atoms with Crippen molar-refractivity contribution in [1.82, 2.24) is 0 Å². The number of carbonyl (C=O) groups excluding carboxylic acids is 2. The van der Waals surface area contributed by atoms with E-state index in [0.29, 0.717) is 35.1 Å². The van der Waals surface area contributed by atoms with Crippen LogP contribution in [-0.4, -0.2) is 32.7 Å². The Bertz CT molecular complexity index is 875. The van der Waals surface area contributed by atoms with Gasteiger partial charge in [-0.1, -0.05) is 36.6 Å². The standard InChI is InChI=1S/C22H24ClNO5/c1-27-17-9-10-19(28-2)18(13-17)24-20(25)14-29-21(26)22(11-3-4-12-22)15-5-7-16(23)8-6-15/h5-10,13H,3-4,11-12,14H2,1-2H3,(H,24,25). The van der Waals surface area contributed by atoms with Gasteiger partial charge in [0.15, 0.2) is 6.61 Å². The summed E-state index contributed by atoms with van der Waals surface area (Å²) in [6, 6.07) is 12.3. The number of ether oxygens (including phenoxy) is 3. The van der Waals surface area contributed by atoms with Crippen molar-refractivity contribution in [3.63, 3.8) is 0 Å². The number of hydrogen-bond acceptors (Lipinski definition) is 5. The van der Waals surface area contributed by atoms with E-state index < -0.39 is 11.3 Å². The van der Waals surface area contributed by atoms with Crippen LogP contribution >= 0.6 is 11.6 Å². The maximum Gasteiger partial charge on any atom is 0.317 e. The largest absolute Gasteiger partial charge is 0.497 e. The Hall–Kier alpha value is -2.73. The molecule has 29 heavy (non-hydrogen) atoms. The molecule has 1 N–H and O–H groups in total. The first-order valence-electron chi connectivity index (χ1n) is 9.43. The van der Waals surface area contributed by atoms with Gasteiger partial charge in [0.1, 0.15) is 11.5 Å². The van der Waals surface area contributed by atoms with E-state index in [9.17, 15) is 9.59 Å². The topological polar surface area (TPSA) is 73.9 Å². The van der Waals surface area contributed by atoms with Gasteiger partial charge in [-0.15, -0.1) is 0 Å². The number of methoxy groups -OCH3 is 2. The molecule has 2 aromatic carbocycles. The number of halogens is 1. The van der Waals surface area contributed by atoms with E-state index in [4.69, 9.17) is 25.8 Å². The fourth-order valence-electron chi connectivity index (χ4n) is 3.73. The van der Waals surface area contributed by atoms with Gasteiger partial charge in [0.25, 0.3) is 5.91 Å². The van der Waals surface area contributed by atoms with Gasteiger partial charge in [-0.3, -0.25) is 9.59 Å². The Morgan fingerprint density at radius 3 is 2.34 bits per heavy atom. The van der Waals surface area contributed by atoms with Crippen LogP contribution < -0.4 is 14.8 Å². The predicted molar refractivity (Wildman–Crippen MR) is 111 cm³/mol. The van der Waals surface area contributed by atoms with Crippen LogP contribution in [0.5, 0.6) is 11.5 Å². The molecule has 0 spiro atoms. The first-order chi connectivity index (χ1) is 14.0. The monoisotopic (exact) mass is 417 g/mol. The number of hydrogen-bond donors (Lipinski definition) is 1. The number of carbonyl (C=O) groups is 2. The lowest BCUT2D eigenvalue weighted by Crippen LogP contribution is -2.36. The summed E-state index contributed by atoms with van der Waals surface area (Å²) >= 11 is 5.98. The molecule has 1 saturated carbocycles. The summed E-state index contributed by atoms with van der Waals surface area (Å²) in [5.41, 5.74) is 0.596. The highest BCUT2D eigenvalue weighted by molar-refractivity contribution is 6.30. The second kappa shape index (κ2) is 9.18. The summed E-state index contributed by atoms with van der Waals surface area (Å²) in [6.07, 6.45) is 3.26. The zero-order valence-electron chi connectivity index (χ0n) is 16.5. The number of rotatable bonds is 7. The molecule has 1 aliphatic rings.